The molecule has 2 rings (SSSR count). The van der Waals surface area contributed by atoms with Crippen LogP contribution in [0.2, 0.25) is 0 Å². The molecule has 96 valence electrons. The van der Waals surface area contributed by atoms with E-state index in [0.29, 0.717) is 12.2 Å². The summed E-state index contributed by atoms with van der Waals surface area (Å²) in [5.74, 6) is 0.312. The quantitative estimate of drug-likeness (QED) is 0.906. The SMILES string of the molecule is CC(C)(C)c1cc(N)n(C(=O)Cc2cccs2)n1. The Morgan fingerprint density at radius 3 is 2.72 bits per heavy atom. The van der Waals surface area contributed by atoms with Crippen molar-refractivity contribution in [1.29, 1.82) is 0 Å². The zero-order chi connectivity index (χ0) is 13.3. The average molecular weight is 263 g/mol. The molecule has 0 aromatic carbocycles. The zero-order valence-electron chi connectivity index (χ0n) is 10.8. The van der Waals surface area contributed by atoms with E-state index in [9.17, 15) is 4.79 Å². The maximum Gasteiger partial charge on any atom is 0.253 e. The smallest absolute Gasteiger partial charge is 0.253 e. The van der Waals surface area contributed by atoms with Gasteiger partial charge in [-0.05, 0) is 11.4 Å². The Morgan fingerprint density at radius 2 is 2.22 bits per heavy atom. The van der Waals surface area contributed by atoms with Crippen LogP contribution in [0.3, 0.4) is 0 Å². The fourth-order valence-electron chi connectivity index (χ4n) is 1.60. The van der Waals surface area contributed by atoms with E-state index in [2.05, 4.69) is 5.10 Å². The van der Waals surface area contributed by atoms with Gasteiger partial charge in [0.15, 0.2) is 0 Å². The van der Waals surface area contributed by atoms with E-state index in [1.807, 2.05) is 38.3 Å². The first-order valence-corrected chi connectivity index (χ1v) is 6.67. The Balaban J connectivity index is 2.23. The van der Waals surface area contributed by atoms with Gasteiger partial charge in [0.25, 0.3) is 5.91 Å². The first-order valence-electron chi connectivity index (χ1n) is 5.79. The number of nitrogens with two attached hydrogens (primary N) is 1. The van der Waals surface area contributed by atoms with Crippen molar-refractivity contribution in [3.63, 3.8) is 0 Å². The number of nitrogen functional groups attached to an aromatic ring is 1. The molecular weight excluding hydrogens is 246 g/mol. The van der Waals surface area contributed by atoms with Crippen molar-refractivity contribution in [2.45, 2.75) is 32.6 Å². The maximum atomic E-state index is 12.1. The molecule has 0 amide bonds. The van der Waals surface area contributed by atoms with Gasteiger partial charge < -0.3 is 5.73 Å². The summed E-state index contributed by atoms with van der Waals surface area (Å²) in [6.45, 7) is 6.13. The number of thiophene rings is 1. The van der Waals surface area contributed by atoms with Crippen LogP contribution in [0, 0.1) is 0 Å². The van der Waals surface area contributed by atoms with Gasteiger partial charge in [-0.3, -0.25) is 4.79 Å². The molecule has 0 aliphatic rings. The van der Waals surface area contributed by atoms with Crippen molar-refractivity contribution < 1.29 is 4.79 Å². The highest BCUT2D eigenvalue weighted by Gasteiger charge is 2.21. The van der Waals surface area contributed by atoms with E-state index in [0.717, 1.165) is 10.6 Å². The van der Waals surface area contributed by atoms with Crippen LogP contribution in [-0.2, 0) is 11.8 Å². The number of carbonyl (C=O) groups is 1. The molecule has 5 heteroatoms. The molecule has 0 bridgehead atoms. The minimum atomic E-state index is -0.109. The van der Waals surface area contributed by atoms with Crippen LogP contribution < -0.4 is 5.73 Å². The molecular formula is C13H17N3OS. The van der Waals surface area contributed by atoms with Crippen molar-refractivity contribution in [3.8, 4) is 0 Å². The molecule has 2 aromatic heterocycles. The lowest BCUT2D eigenvalue weighted by atomic mass is 9.92. The predicted molar refractivity (Wildman–Crippen MR) is 74.0 cm³/mol. The van der Waals surface area contributed by atoms with Gasteiger partial charge in [0.2, 0.25) is 0 Å². The van der Waals surface area contributed by atoms with Crippen LogP contribution in [0.1, 0.15) is 36.1 Å². The van der Waals surface area contributed by atoms with Crippen LogP contribution in [0.15, 0.2) is 23.6 Å². The maximum absolute atomic E-state index is 12.1. The fraction of sp³-hybridized carbons (Fsp3) is 0.385. The number of hydrogen-bond acceptors (Lipinski definition) is 4. The molecule has 0 aliphatic heterocycles. The molecule has 2 N–H and O–H groups in total. The largest absolute Gasteiger partial charge is 0.383 e. The van der Waals surface area contributed by atoms with E-state index >= 15 is 0 Å². The third-order valence-corrected chi connectivity index (χ3v) is 3.52. The van der Waals surface area contributed by atoms with Gasteiger partial charge in [0.1, 0.15) is 5.82 Å². The summed E-state index contributed by atoms with van der Waals surface area (Å²) in [7, 11) is 0. The Morgan fingerprint density at radius 1 is 1.50 bits per heavy atom. The van der Waals surface area contributed by atoms with Gasteiger partial charge in [-0.25, -0.2) is 0 Å². The van der Waals surface area contributed by atoms with E-state index in [1.165, 1.54) is 4.68 Å². The molecule has 4 nitrogen and oxygen atoms in total. The normalized spacial score (nSPS) is 11.7. The summed E-state index contributed by atoms with van der Waals surface area (Å²) in [6.07, 6.45) is 0.340. The fourth-order valence-corrected chi connectivity index (χ4v) is 2.29. The monoisotopic (exact) mass is 263 g/mol. The Kier molecular flexibility index (Phi) is 3.26. The van der Waals surface area contributed by atoms with Crippen LogP contribution in [0.5, 0.6) is 0 Å². The Labute approximate surface area is 110 Å². The lowest BCUT2D eigenvalue weighted by Crippen LogP contribution is -2.18. The minimum Gasteiger partial charge on any atom is -0.383 e. The van der Waals surface area contributed by atoms with E-state index in [-0.39, 0.29) is 11.3 Å². The van der Waals surface area contributed by atoms with Crippen LogP contribution in [0.4, 0.5) is 5.82 Å². The Hall–Kier alpha value is -1.62. The Bertz CT molecular complexity index is 549. The number of carbonyl (C=O) groups excluding carboxylic acids is 1. The minimum absolute atomic E-state index is 0.0922. The second-order valence-corrected chi connectivity index (χ2v) is 6.30. The van der Waals surface area contributed by atoms with E-state index < -0.39 is 0 Å². The molecule has 0 spiro atoms. The molecule has 0 saturated carbocycles. The molecule has 0 atom stereocenters. The molecule has 2 heterocycles. The summed E-state index contributed by atoms with van der Waals surface area (Å²) >= 11 is 1.56. The number of anilines is 1. The molecule has 18 heavy (non-hydrogen) atoms. The number of nitrogens with zero attached hydrogens (tertiary/aromatic N) is 2. The first kappa shape index (κ1) is 12.8. The van der Waals surface area contributed by atoms with Crippen LogP contribution in [-0.4, -0.2) is 15.7 Å². The highest BCUT2D eigenvalue weighted by molar-refractivity contribution is 7.10. The van der Waals surface area contributed by atoms with Crippen LogP contribution in [0.25, 0.3) is 0 Å². The van der Waals surface area contributed by atoms with Gasteiger partial charge in [0, 0.05) is 16.4 Å². The van der Waals surface area contributed by atoms with E-state index in [1.54, 1.807) is 17.4 Å². The molecule has 0 aliphatic carbocycles. The van der Waals surface area contributed by atoms with Crippen molar-refractivity contribution in [2.24, 2.45) is 0 Å². The number of rotatable bonds is 2. The number of aromatic nitrogens is 2. The summed E-state index contributed by atoms with van der Waals surface area (Å²) < 4.78 is 1.31. The van der Waals surface area contributed by atoms with Crippen molar-refractivity contribution in [1.82, 2.24) is 9.78 Å². The zero-order valence-corrected chi connectivity index (χ0v) is 11.6. The number of hydrogen-bond donors (Lipinski definition) is 1. The summed E-state index contributed by atoms with van der Waals surface area (Å²) in [5, 5.41) is 6.26. The van der Waals surface area contributed by atoms with Gasteiger partial charge in [0.05, 0.1) is 12.1 Å². The third-order valence-electron chi connectivity index (χ3n) is 2.65. The van der Waals surface area contributed by atoms with Gasteiger partial charge in [-0.2, -0.15) is 9.78 Å². The summed E-state index contributed by atoms with van der Waals surface area (Å²) in [6, 6.07) is 5.64. The molecule has 2 aromatic rings. The van der Waals surface area contributed by atoms with Crippen molar-refractivity contribution in [3.05, 3.63) is 34.2 Å². The highest BCUT2D eigenvalue weighted by Crippen LogP contribution is 2.23. The summed E-state index contributed by atoms with van der Waals surface area (Å²) in [5.41, 5.74) is 6.58. The second kappa shape index (κ2) is 4.57. The van der Waals surface area contributed by atoms with Crippen LogP contribution >= 0.6 is 11.3 Å². The second-order valence-electron chi connectivity index (χ2n) is 5.27. The molecule has 0 fully saturated rings. The topological polar surface area (TPSA) is 60.9 Å². The lowest BCUT2D eigenvalue weighted by Gasteiger charge is -2.13. The lowest BCUT2D eigenvalue weighted by molar-refractivity contribution is 0.0901. The van der Waals surface area contributed by atoms with Gasteiger partial charge in [-0.15, -0.1) is 11.3 Å². The third kappa shape index (κ3) is 2.61. The molecule has 0 radical (unpaired) electrons. The average Bonchev–Trinajstić information content (AvgIpc) is 2.85. The summed E-state index contributed by atoms with van der Waals surface area (Å²) in [4.78, 5) is 13.1. The van der Waals surface area contributed by atoms with Crippen molar-refractivity contribution in [2.75, 3.05) is 5.73 Å². The van der Waals surface area contributed by atoms with Gasteiger partial charge in [-0.1, -0.05) is 26.8 Å². The first-order chi connectivity index (χ1) is 8.38. The standard InChI is InChI=1S/C13H17N3OS/c1-13(2,3)10-8-11(14)16(15-10)12(17)7-9-5-4-6-18-9/h4-6,8H,7,14H2,1-3H3. The highest BCUT2D eigenvalue weighted by atomic mass is 32.1. The van der Waals surface area contributed by atoms with Crippen molar-refractivity contribution >= 4 is 23.1 Å². The van der Waals surface area contributed by atoms with E-state index in [4.69, 9.17) is 5.73 Å². The predicted octanol–water partition coefficient (Wildman–Crippen LogP) is 2.71. The molecule has 0 saturated heterocycles. The molecule has 0 unspecified atom stereocenters. The van der Waals surface area contributed by atoms with Gasteiger partial charge >= 0.3 is 0 Å².